The molecule has 2 fully saturated rings. The zero-order valence-electron chi connectivity index (χ0n) is 13.9. The Balaban J connectivity index is 1.50. The molecule has 2 N–H and O–H groups in total. The van der Waals surface area contributed by atoms with Gasteiger partial charge in [-0.1, -0.05) is 25.7 Å². The van der Waals surface area contributed by atoms with Crippen molar-refractivity contribution in [3.63, 3.8) is 0 Å². The normalized spacial score (nSPS) is 24.9. The molecule has 2 unspecified atom stereocenters. The minimum absolute atomic E-state index is 0.0272. The summed E-state index contributed by atoms with van der Waals surface area (Å²) in [5.74, 6) is -0.0272. The van der Waals surface area contributed by atoms with Gasteiger partial charge < -0.3 is 20.1 Å². The van der Waals surface area contributed by atoms with Gasteiger partial charge in [-0.3, -0.25) is 4.79 Å². The van der Waals surface area contributed by atoms with Gasteiger partial charge in [0.1, 0.15) is 6.10 Å². The van der Waals surface area contributed by atoms with E-state index in [1.807, 2.05) is 6.92 Å². The fourth-order valence-electron chi connectivity index (χ4n) is 3.19. The average molecular weight is 312 g/mol. The third kappa shape index (κ3) is 6.63. The van der Waals surface area contributed by atoms with Crippen LogP contribution in [0.4, 0.5) is 0 Å². The summed E-state index contributed by atoms with van der Waals surface area (Å²) < 4.78 is 11.1. The molecule has 0 bridgehead atoms. The lowest BCUT2D eigenvalue weighted by Gasteiger charge is -2.18. The second-order valence-corrected chi connectivity index (χ2v) is 6.54. The molecule has 0 aromatic rings. The van der Waals surface area contributed by atoms with Crippen molar-refractivity contribution in [2.45, 2.75) is 76.5 Å². The molecule has 1 saturated carbocycles. The summed E-state index contributed by atoms with van der Waals surface area (Å²) in [7, 11) is 0. The molecule has 5 heteroatoms. The van der Waals surface area contributed by atoms with Crippen molar-refractivity contribution in [2.75, 3.05) is 26.3 Å². The molecule has 2 atom stereocenters. The van der Waals surface area contributed by atoms with Crippen molar-refractivity contribution in [1.29, 1.82) is 0 Å². The van der Waals surface area contributed by atoms with Gasteiger partial charge in [-0.15, -0.1) is 0 Å². The van der Waals surface area contributed by atoms with Crippen LogP contribution in [0.15, 0.2) is 0 Å². The largest absolute Gasteiger partial charge is 0.376 e. The predicted molar refractivity (Wildman–Crippen MR) is 86.9 cm³/mol. The predicted octanol–water partition coefficient (Wildman–Crippen LogP) is 2.00. The van der Waals surface area contributed by atoms with Crippen molar-refractivity contribution in [1.82, 2.24) is 10.6 Å². The molecule has 1 aliphatic carbocycles. The SMILES string of the molecule is CC(OCC1CCCO1)C(=O)NCCNC1CCCCCC1. The molecular formula is C17H32N2O3. The Morgan fingerprint density at radius 1 is 1.14 bits per heavy atom. The average Bonchev–Trinajstić information content (AvgIpc) is 2.91. The van der Waals surface area contributed by atoms with E-state index in [2.05, 4.69) is 10.6 Å². The molecule has 22 heavy (non-hydrogen) atoms. The molecule has 0 radical (unpaired) electrons. The summed E-state index contributed by atoms with van der Waals surface area (Å²) in [4.78, 5) is 11.9. The van der Waals surface area contributed by atoms with Crippen LogP contribution in [0, 0.1) is 0 Å². The summed E-state index contributed by atoms with van der Waals surface area (Å²) >= 11 is 0. The Kier molecular flexibility index (Phi) is 8.20. The number of amides is 1. The molecule has 0 aromatic heterocycles. The number of ether oxygens (including phenoxy) is 2. The van der Waals surface area contributed by atoms with Gasteiger partial charge in [0.25, 0.3) is 0 Å². The zero-order chi connectivity index (χ0) is 15.6. The summed E-state index contributed by atoms with van der Waals surface area (Å²) in [5, 5.41) is 6.50. The van der Waals surface area contributed by atoms with Crippen molar-refractivity contribution in [3.05, 3.63) is 0 Å². The highest BCUT2D eigenvalue weighted by molar-refractivity contribution is 5.80. The van der Waals surface area contributed by atoms with Crippen LogP contribution in [0.1, 0.15) is 58.3 Å². The van der Waals surface area contributed by atoms with Crippen molar-refractivity contribution < 1.29 is 14.3 Å². The molecule has 128 valence electrons. The highest BCUT2D eigenvalue weighted by atomic mass is 16.5. The van der Waals surface area contributed by atoms with Crippen LogP contribution in [0.5, 0.6) is 0 Å². The lowest BCUT2D eigenvalue weighted by Crippen LogP contribution is -2.41. The van der Waals surface area contributed by atoms with Crippen molar-refractivity contribution >= 4 is 5.91 Å². The van der Waals surface area contributed by atoms with Crippen LogP contribution in [0.25, 0.3) is 0 Å². The first-order valence-electron chi connectivity index (χ1n) is 9.00. The van der Waals surface area contributed by atoms with E-state index >= 15 is 0 Å². The minimum atomic E-state index is -0.401. The number of hydrogen-bond acceptors (Lipinski definition) is 4. The van der Waals surface area contributed by atoms with Crippen LogP contribution in [-0.2, 0) is 14.3 Å². The van der Waals surface area contributed by atoms with E-state index in [0.29, 0.717) is 19.2 Å². The van der Waals surface area contributed by atoms with E-state index in [4.69, 9.17) is 9.47 Å². The highest BCUT2D eigenvalue weighted by Crippen LogP contribution is 2.16. The van der Waals surface area contributed by atoms with Crippen LogP contribution >= 0.6 is 0 Å². The summed E-state index contributed by atoms with van der Waals surface area (Å²) in [6.07, 6.45) is 9.86. The van der Waals surface area contributed by atoms with Gasteiger partial charge >= 0.3 is 0 Å². The summed E-state index contributed by atoms with van der Waals surface area (Å²) in [6, 6.07) is 0.632. The fourth-order valence-corrected chi connectivity index (χ4v) is 3.19. The lowest BCUT2D eigenvalue weighted by atomic mass is 10.1. The maximum Gasteiger partial charge on any atom is 0.248 e. The Hall–Kier alpha value is -0.650. The van der Waals surface area contributed by atoms with E-state index in [0.717, 1.165) is 26.0 Å². The van der Waals surface area contributed by atoms with E-state index in [1.165, 1.54) is 38.5 Å². The zero-order valence-corrected chi connectivity index (χ0v) is 13.9. The Morgan fingerprint density at radius 2 is 1.91 bits per heavy atom. The molecular weight excluding hydrogens is 280 g/mol. The summed E-state index contributed by atoms with van der Waals surface area (Å²) in [5.41, 5.74) is 0. The Morgan fingerprint density at radius 3 is 2.59 bits per heavy atom. The second kappa shape index (κ2) is 10.2. The standard InChI is InChI=1S/C17H32N2O3/c1-14(22-13-16-9-6-12-21-16)17(20)19-11-10-18-15-7-4-2-3-5-8-15/h14-16,18H,2-13H2,1H3,(H,19,20). The Bertz CT molecular complexity index is 311. The van der Waals surface area contributed by atoms with Gasteiger partial charge in [0, 0.05) is 25.7 Å². The second-order valence-electron chi connectivity index (χ2n) is 6.54. The smallest absolute Gasteiger partial charge is 0.248 e. The first-order valence-corrected chi connectivity index (χ1v) is 9.00. The van der Waals surface area contributed by atoms with Gasteiger partial charge in [-0.05, 0) is 32.6 Å². The summed E-state index contributed by atoms with van der Waals surface area (Å²) in [6.45, 7) is 4.66. The number of rotatable bonds is 8. The molecule has 0 aromatic carbocycles. The number of hydrogen-bond donors (Lipinski definition) is 2. The molecule has 1 aliphatic heterocycles. The molecule has 1 saturated heterocycles. The maximum atomic E-state index is 11.9. The van der Waals surface area contributed by atoms with Gasteiger partial charge in [-0.25, -0.2) is 0 Å². The van der Waals surface area contributed by atoms with Gasteiger partial charge in [0.15, 0.2) is 0 Å². The number of nitrogens with one attached hydrogen (secondary N) is 2. The maximum absolute atomic E-state index is 11.9. The molecule has 0 spiro atoms. The first kappa shape index (κ1) is 17.7. The first-order chi connectivity index (χ1) is 10.8. The number of carbonyl (C=O) groups excluding carboxylic acids is 1. The molecule has 5 nitrogen and oxygen atoms in total. The molecule has 2 aliphatic rings. The lowest BCUT2D eigenvalue weighted by molar-refractivity contribution is -0.133. The molecule has 1 heterocycles. The third-order valence-electron chi connectivity index (χ3n) is 4.64. The van der Waals surface area contributed by atoms with E-state index < -0.39 is 6.10 Å². The van der Waals surface area contributed by atoms with Crippen LogP contribution in [0.2, 0.25) is 0 Å². The van der Waals surface area contributed by atoms with Crippen molar-refractivity contribution in [3.8, 4) is 0 Å². The van der Waals surface area contributed by atoms with Crippen LogP contribution < -0.4 is 10.6 Å². The fraction of sp³-hybridized carbons (Fsp3) is 0.941. The van der Waals surface area contributed by atoms with Gasteiger partial charge in [0.2, 0.25) is 5.91 Å². The van der Waals surface area contributed by atoms with Gasteiger partial charge in [-0.2, -0.15) is 0 Å². The Labute approximate surface area is 134 Å². The van der Waals surface area contributed by atoms with Crippen LogP contribution in [-0.4, -0.2) is 50.5 Å². The van der Waals surface area contributed by atoms with E-state index in [-0.39, 0.29) is 12.0 Å². The van der Waals surface area contributed by atoms with Gasteiger partial charge in [0.05, 0.1) is 12.7 Å². The van der Waals surface area contributed by atoms with Crippen LogP contribution in [0.3, 0.4) is 0 Å². The number of carbonyl (C=O) groups is 1. The minimum Gasteiger partial charge on any atom is -0.376 e. The third-order valence-corrected chi connectivity index (χ3v) is 4.64. The molecule has 1 amide bonds. The molecule has 2 rings (SSSR count). The quantitative estimate of drug-likeness (QED) is 0.532. The highest BCUT2D eigenvalue weighted by Gasteiger charge is 2.19. The van der Waals surface area contributed by atoms with E-state index in [1.54, 1.807) is 0 Å². The topological polar surface area (TPSA) is 59.6 Å². The van der Waals surface area contributed by atoms with Crippen molar-refractivity contribution in [2.24, 2.45) is 0 Å². The monoisotopic (exact) mass is 312 g/mol. The van der Waals surface area contributed by atoms with E-state index in [9.17, 15) is 4.79 Å².